The number of ketones is 1. The summed E-state index contributed by atoms with van der Waals surface area (Å²) in [6.45, 7) is 3.41. The van der Waals surface area contributed by atoms with E-state index in [1.807, 2.05) is 0 Å². The molecule has 6 aliphatic rings. The number of phenolic OH excluding ortho intramolecular Hbond substituents is 2. The molecule has 0 radical (unpaired) electrons. The second-order valence-electron chi connectivity index (χ2n) is 16.0. The molecule has 8 N–H and O–H groups in total. The van der Waals surface area contributed by atoms with Crippen LogP contribution in [0, 0.1) is 30.1 Å². The van der Waals surface area contributed by atoms with Gasteiger partial charge in [-0.15, -0.1) is 0 Å². The molecule has 8 rings (SSSR count). The lowest BCUT2D eigenvalue weighted by atomic mass is 9.50. The Labute approximate surface area is 314 Å². The number of carbonyl (C=O) groups excluding carboxylic acids is 1. The van der Waals surface area contributed by atoms with E-state index < -0.39 is 60.1 Å². The predicted molar refractivity (Wildman–Crippen MR) is 195 cm³/mol. The summed E-state index contributed by atoms with van der Waals surface area (Å²) in [5.74, 6) is -1.26. The van der Waals surface area contributed by atoms with E-state index in [9.17, 15) is 40.2 Å². The number of fused-ring (bicyclic) bond motifs is 1. The Kier molecular flexibility index (Phi) is 9.90. The smallest absolute Gasteiger partial charge is 0.335 e. The number of nitrogens with one attached hydrogen (secondary N) is 2. The Morgan fingerprint density at radius 2 is 1.87 bits per heavy atom. The van der Waals surface area contributed by atoms with Crippen LogP contribution in [0.1, 0.15) is 78.1 Å². The molecular formula is C37H48N2O12S2. The van der Waals surface area contributed by atoms with Crippen LogP contribution in [0.15, 0.2) is 12.1 Å². The van der Waals surface area contributed by atoms with Gasteiger partial charge in [-0.3, -0.25) is 15.6 Å². The van der Waals surface area contributed by atoms with Crippen molar-refractivity contribution in [3.8, 4) is 17.2 Å². The highest BCUT2D eigenvalue weighted by Gasteiger charge is 2.65. The van der Waals surface area contributed by atoms with E-state index >= 15 is 0 Å². The van der Waals surface area contributed by atoms with Crippen molar-refractivity contribution in [3.63, 3.8) is 0 Å². The van der Waals surface area contributed by atoms with Crippen LogP contribution in [0.25, 0.3) is 10.8 Å². The number of aromatic carboxylic acids is 1. The number of aliphatic hydroxyl groups is 3. The number of Topliss-reactive ketones (excluding diaryl/α,β-unsaturated/α-hetero) is 1. The summed E-state index contributed by atoms with van der Waals surface area (Å²) >= 11 is 0. The van der Waals surface area contributed by atoms with Crippen molar-refractivity contribution in [2.24, 2.45) is 23.2 Å². The molecule has 2 aliphatic carbocycles. The Morgan fingerprint density at radius 3 is 2.62 bits per heavy atom. The lowest BCUT2D eigenvalue weighted by Crippen LogP contribution is -2.75. The van der Waals surface area contributed by atoms with Gasteiger partial charge >= 0.3 is 5.97 Å². The first-order valence-corrected chi connectivity index (χ1v) is 20.9. The molecule has 11 atom stereocenters. The predicted octanol–water partition coefficient (Wildman–Crippen LogP) is 3.22. The number of carboxylic acid groups (broad SMARTS) is 1. The lowest BCUT2D eigenvalue weighted by Gasteiger charge is -2.64. The number of phenols is 2. The van der Waals surface area contributed by atoms with E-state index in [2.05, 4.69) is 10.9 Å². The van der Waals surface area contributed by atoms with Gasteiger partial charge in [0, 0.05) is 34.9 Å². The van der Waals surface area contributed by atoms with E-state index in [1.165, 1.54) is 24.6 Å². The second-order valence-corrected chi connectivity index (χ2v) is 18.5. The van der Waals surface area contributed by atoms with Crippen LogP contribution < -0.4 is 15.6 Å². The van der Waals surface area contributed by atoms with Crippen LogP contribution in [-0.2, 0) is 14.2 Å². The summed E-state index contributed by atoms with van der Waals surface area (Å²) in [7, 11) is 3.17. The SMILES string of the molecule is CC(=O)c1c(C)c(O)c2cc(C(=O)O)cc(OC3OC(CO)C4(CCC56CC7(CCCC7NN5)CC5COCC(CSSCO4)C56)C(O)C3O)c2c1O. The van der Waals surface area contributed by atoms with Crippen molar-refractivity contribution >= 4 is 44.1 Å². The summed E-state index contributed by atoms with van der Waals surface area (Å²) in [4.78, 5) is 24.7. The van der Waals surface area contributed by atoms with Gasteiger partial charge in [-0.25, -0.2) is 4.79 Å². The van der Waals surface area contributed by atoms with Crippen LogP contribution in [0.4, 0.5) is 0 Å². The minimum absolute atomic E-state index is 0.0514. The number of aromatic hydroxyl groups is 2. The van der Waals surface area contributed by atoms with Gasteiger partial charge in [0.25, 0.3) is 0 Å². The molecule has 2 saturated carbocycles. The molecule has 4 saturated heterocycles. The number of carboxylic acids is 1. The second kappa shape index (κ2) is 14.0. The normalized spacial score (nSPS) is 39.9. The van der Waals surface area contributed by atoms with Gasteiger partial charge < -0.3 is 49.6 Å². The van der Waals surface area contributed by atoms with Gasteiger partial charge in [-0.05, 0) is 87.7 Å². The fourth-order valence-corrected chi connectivity index (χ4v) is 13.1. The molecule has 53 heavy (non-hydrogen) atoms. The molecule has 0 aromatic heterocycles. The van der Waals surface area contributed by atoms with Crippen molar-refractivity contribution in [1.29, 1.82) is 0 Å². The Hall–Kier alpha value is -2.38. The average Bonchev–Trinajstić information content (AvgIpc) is 3.51. The van der Waals surface area contributed by atoms with Crippen LogP contribution in [0.2, 0.25) is 0 Å². The molecule has 3 spiro atoms. The molecule has 2 aromatic rings. The molecular weight excluding hydrogens is 729 g/mol. The number of ether oxygens (including phenoxy) is 4. The largest absolute Gasteiger partial charge is 0.507 e. The van der Waals surface area contributed by atoms with Crippen molar-refractivity contribution in [2.75, 3.05) is 31.5 Å². The molecule has 11 unspecified atom stereocenters. The van der Waals surface area contributed by atoms with Crippen molar-refractivity contribution in [2.45, 2.75) is 101 Å². The highest BCUT2D eigenvalue weighted by atomic mass is 33.1. The summed E-state index contributed by atoms with van der Waals surface area (Å²) in [6.07, 6.45) is -0.0357. The summed E-state index contributed by atoms with van der Waals surface area (Å²) in [6, 6.07) is 2.59. The maximum absolute atomic E-state index is 12.5. The molecule has 0 amide bonds. The number of aliphatic hydroxyl groups excluding tert-OH is 3. The Balaban J connectivity index is 1.15. The minimum Gasteiger partial charge on any atom is -0.507 e. The van der Waals surface area contributed by atoms with E-state index in [-0.39, 0.29) is 62.4 Å². The monoisotopic (exact) mass is 776 g/mol. The van der Waals surface area contributed by atoms with Crippen LogP contribution in [0.5, 0.6) is 17.2 Å². The Morgan fingerprint density at radius 1 is 1.08 bits per heavy atom. The van der Waals surface area contributed by atoms with Gasteiger partial charge in [-0.2, -0.15) is 0 Å². The van der Waals surface area contributed by atoms with E-state index in [1.54, 1.807) is 10.8 Å². The molecule has 4 heterocycles. The van der Waals surface area contributed by atoms with Crippen molar-refractivity contribution in [1.82, 2.24) is 10.9 Å². The molecule has 290 valence electrons. The Bertz CT molecular complexity index is 1800. The highest BCUT2D eigenvalue weighted by Crippen LogP contribution is 2.62. The van der Waals surface area contributed by atoms with Gasteiger partial charge in [-0.1, -0.05) is 28.0 Å². The molecule has 2 aromatic carbocycles. The third-order valence-corrected chi connectivity index (χ3v) is 15.4. The molecule has 16 heteroatoms. The molecule has 4 aliphatic heterocycles. The fourth-order valence-electron chi connectivity index (χ4n) is 11.0. The zero-order chi connectivity index (χ0) is 37.4. The maximum Gasteiger partial charge on any atom is 0.335 e. The molecule has 6 fully saturated rings. The fraction of sp³-hybridized carbons (Fsp3) is 0.676. The molecule has 2 bridgehead atoms. The minimum atomic E-state index is -1.77. The topological polar surface area (TPSA) is 216 Å². The van der Waals surface area contributed by atoms with Crippen molar-refractivity contribution < 1.29 is 59.2 Å². The average molecular weight is 777 g/mol. The quantitative estimate of drug-likeness (QED) is 0.124. The lowest BCUT2D eigenvalue weighted by molar-refractivity contribution is -0.323. The number of hydrogen-bond donors (Lipinski definition) is 8. The van der Waals surface area contributed by atoms with Gasteiger partial charge in [0.1, 0.15) is 47.1 Å². The zero-order valence-electron chi connectivity index (χ0n) is 29.7. The number of rotatable bonds is 5. The van der Waals surface area contributed by atoms with Crippen LogP contribution in [-0.4, -0.2) is 116 Å². The standard InChI is InChI=1S/C37H48N2O12S2/c1-17-26(18(2)41)30(43)27-22(29(17)42)8-19(33(46)47)9-23(27)50-34-31(44)32(45)37(25(11-40)51-34)7-6-36-15-35(5-3-4-24(35)38-39-36)10-20-12-48-13-21(28(20)36)14-52-53-16-49-37/h8-9,20-21,24-25,28,31-32,34,38-40,42-45H,3-7,10-16H2,1-2H3,(H,46,47). The van der Waals surface area contributed by atoms with Crippen LogP contribution >= 0.6 is 21.6 Å². The summed E-state index contributed by atoms with van der Waals surface area (Å²) < 4.78 is 25.1. The highest BCUT2D eigenvalue weighted by molar-refractivity contribution is 8.76. The van der Waals surface area contributed by atoms with Crippen LogP contribution in [0.3, 0.4) is 0 Å². The van der Waals surface area contributed by atoms with E-state index in [4.69, 9.17) is 18.9 Å². The van der Waals surface area contributed by atoms with Gasteiger partial charge in [0.2, 0.25) is 6.29 Å². The van der Waals surface area contributed by atoms with E-state index in [0.717, 1.165) is 50.0 Å². The number of hydrazine groups is 1. The maximum atomic E-state index is 12.5. The first-order valence-electron chi connectivity index (χ1n) is 18.4. The van der Waals surface area contributed by atoms with Gasteiger partial charge in [0.15, 0.2) is 5.78 Å². The molecule has 14 nitrogen and oxygen atoms in total. The number of benzene rings is 2. The first-order chi connectivity index (χ1) is 25.3. The third kappa shape index (κ3) is 5.94. The zero-order valence-corrected chi connectivity index (χ0v) is 31.3. The number of hydrogen-bond acceptors (Lipinski definition) is 15. The number of carbonyl (C=O) groups is 2. The van der Waals surface area contributed by atoms with Gasteiger partial charge in [0.05, 0.1) is 29.7 Å². The third-order valence-electron chi connectivity index (χ3n) is 13.3. The van der Waals surface area contributed by atoms with Crippen molar-refractivity contribution in [3.05, 3.63) is 28.8 Å². The summed E-state index contributed by atoms with van der Waals surface area (Å²) in [5, 5.41) is 66.8. The first kappa shape index (κ1) is 37.5. The van der Waals surface area contributed by atoms with E-state index in [0.29, 0.717) is 37.5 Å². The summed E-state index contributed by atoms with van der Waals surface area (Å²) in [5.41, 5.74) is 5.26.